The van der Waals surface area contributed by atoms with Crippen LogP contribution in [0.2, 0.25) is 0 Å². The number of aromatic amines is 1. The molecule has 2 aromatic heterocycles. The smallest absolute Gasteiger partial charge is 0.251 e. The Labute approximate surface area is 145 Å². The largest absolute Gasteiger partial charge is 0.367 e. The first-order valence-corrected chi connectivity index (χ1v) is 8.38. The van der Waals surface area contributed by atoms with Gasteiger partial charge in [0, 0.05) is 38.0 Å². The summed E-state index contributed by atoms with van der Waals surface area (Å²) in [7, 11) is 1.88. The number of nitrogens with zero attached hydrogens (tertiary/aromatic N) is 4. The molecule has 3 heterocycles. The van der Waals surface area contributed by atoms with E-state index in [1.165, 1.54) is 6.07 Å². The first-order valence-electron chi connectivity index (χ1n) is 8.38. The highest BCUT2D eigenvalue weighted by molar-refractivity contribution is 5.76. The van der Waals surface area contributed by atoms with Crippen molar-refractivity contribution in [2.24, 2.45) is 7.05 Å². The van der Waals surface area contributed by atoms with Crippen molar-refractivity contribution >= 4 is 5.91 Å². The lowest BCUT2D eigenvalue weighted by Gasteiger charge is -2.32. The van der Waals surface area contributed by atoms with Crippen LogP contribution in [0, 0.1) is 13.8 Å². The van der Waals surface area contributed by atoms with Gasteiger partial charge in [0.05, 0.1) is 18.8 Å². The Morgan fingerprint density at radius 1 is 1.44 bits per heavy atom. The van der Waals surface area contributed by atoms with Gasteiger partial charge in [-0.3, -0.25) is 14.3 Å². The van der Waals surface area contributed by atoms with Crippen molar-refractivity contribution < 1.29 is 9.53 Å². The molecule has 1 amide bonds. The maximum atomic E-state index is 12.6. The highest BCUT2D eigenvalue weighted by atomic mass is 16.5. The van der Waals surface area contributed by atoms with E-state index in [1.807, 2.05) is 20.2 Å². The van der Waals surface area contributed by atoms with E-state index < -0.39 is 6.10 Å². The van der Waals surface area contributed by atoms with Crippen molar-refractivity contribution in [1.82, 2.24) is 24.6 Å². The predicted octanol–water partition coefficient (Wildman–Crippen LogP) is 0.653. The zero-order chi connectivity index (χ0) is 18.0. The average molecular weight is 345 g/mol. The summed E-state index contributed by atoms with van der Waals surface area (Å²) in [5.41, 5.74) is 2.47. The lowest BCUT2D eigenvalue weighted by Crippen LogP contribution is -2.43. The third-order valence-corrected chi connectivity index (χ3v) is 4.34. The van der Waals surface area contributed by atoms with Gasteiger partial charge in [-0.25, -0.2) is 4.98 Å². The van der Waals surface area contributed by atoms with Crippen LogP contribution < -0.4 is 5.56 Å². The molecule has 1 saturated heterocycles. The maximum absolute atomic E-state index is 12.6. The van der Waals surface area contributed by atoms with E-state index in [0.717, 1.165) is 11.3 Å². The van der Waals surface area contributed by atoms with Crippen LogP contribution in [-0.2, 0) is 23.0 Å². The molecule has 8 nitrogen and oxygen atoms in total. The Morgan fingerprint density at radius 2 is 2.24 bits per heavy atom. The van der Waals surface area contributed by atoms with Gasteiger partial charge in [-0.1, -0.05) is 0 Å². The minimum Gasteiger partial charge on any atom is -0.367 e. The van der Waals surface area contributed by atoms with Crippen molar-refractivity contribution in [2.45, 2.75) is 32.8 Å². The molecule has 0 aliphatic carbocycles. The predicted molar refractivity (Wildman–Crippen MR) is 91.1 cm³/mol. The molecule has 1 aliphatic rings. The third kappa shape index (κ3) is 4.14. The molecular formula is C17H23N5O3. The van der Waals surface area contributed by atoms with Crippen molar-refractivity contribution in [3.05, 3.63) is 45.4 Å². The van der Waals surface area contributed by atoms with Crippen LogP contribution in [0.1, 0.15) is 35.3 Å². The summed E-state index contributed by atoms with van der Waals surface area (Å²) in [5, 5.41) is 4.30. The van der Waals surface area contributed by atoms with Gasteiger partial charge >= 0.3 is 0 Å². The SMILES string of the molecule is Cc1cc(=O)[nH]c([C@@H]2CN(C(=O)CCc3cn(C)nc3C)CCO2)n1. The van der Waals surface area contributed by atoms with Crippen LogP contribution in [-0.4, -0.2) is 50.3 Å². The van der Waals surface area contributed by atoms with Gasteiger partial charge in [0.15, 0.2) is 0 Å². The number of amides is 1. The van der Waals surface area contributed by atoms with Crippen molar-refractivity contribution in [1.29, 1.82) is 0 Å². The van der Waals surface area contributed by atoms with E-state index in [9.17, 15) is 9.59 Å². The lowest BCUT2D eigenvalue weighted by atomic mass is 10.1. The first-order chi connectivity index (χ1) is 11.9. The summed E-state index contributed by atoms with van der Waals surface area (Å²) in [6.45, 7) is 5.10. The Kier molecular flexibility index (Phi) is 4.98. The fourth-order valence-electron chi connectivity index (χ4n) is 3.09. The molecule has 25 heavy (non-hydrogen) atoms. The molecular weight excluding hydrogens is 322 g/mol. The number of ether oxygens (including phenoxy) is 1. The fourth-order valence-corrected chi connectivity index (χ4v) is 3.09. The Bertz CT molecular complexity index is 826. The summed E-state index contributed by atoms with van der Waals surface area (Å²) in [6.07, 6.45) is 2.65. The molecule has 3 rings (SSSR count). The Morgan fingerprint density at radius 3 is 2.92 bits per heavy atom. The number of aromatic nitrogens is 4. The molecule has 0 spiro atoms. The summed E-state index contributed by atoms with van der Waals surface area (Å²) >= 11 is 0. The van der Waals surface area contributed by atoms with Crippen LogP contribution in [0.3, 0.4) is 0 Å². The molecule has 0 bridgehead atoms. The zero-order valence-corrected chi connectivity index (χ0v) is 14.8. The second-order valence-corrected chi connectivity index (χ2v) is 6.38. The van der Waals surface area contributed by atoms with Crippen LogP contribution in [0.5, 0.6) is 0 Å². The maximum Gasteiger partial charge on any atom is 0.251 e. The summed E-state index contributed by atoms with van der Waals surface area (Å²) in [6, 6.07) is 1.44. The molecule has 1 fully saturated rings. The van der Waals surface area contributed by atoms with Gasteiger partial charge in [0.1, 0.15) is 11.9 Å². The van der Waals surface area contributed by atoms with Gasteiger partial charge in [-0.2, -0.15) is 5.10 Å². The molecule has 8 heteroatoms. The van der Waals surface area contributed by atoms with Crippen molar-refractivity contribution in [2.75, 3.05) is 19.7 Å². The Balaban J connectivity index is 1.63. The second-order valence-electron chi connectivity index (χ2n) is 6.38. The first kappa shape index (κ1) is 17.3. The van der Waals surface area contributed by atoms with Crippen molar-refractivity contribution in [3.63, 3.8) is 0 Å². The quantitative estimate of drug-likeness (QED) is 0.878. The topological polar surface area (TPSA) is 93.1 Å². The number of nitrogens with one attached hydrogen (secondary N) is 1. The average Bonchev–Trinajstić information content (AvgIpc) is 2.89. The number of aryl methyl sites for hydroxylation is 4. The van der Waals surface area contributed by atoms with Crippen LogP contribution >= 0.6 is 0 Å². The zero-order valence-electron chi connectivity index (χ0n) is 14.8. The summed E-state index contributed by atoms with van der Waals surface area (Å²) < 4.78 is 7.46. The minimum atomic E-state index is -0.398. The lowest BCUT2D eigenvalue weighted by molar-refractivity contribution is -0.139. The van der Waals surface area contributed by atoms with E-state index in [-0.39, 0.29) is 11.5 Å². The molecule has 1 atom stereocenters. The molecule has 0 saturated carbocycles. The van der Waals surface area contributed by atoms with Crippen LogP contribution in [0.15, 0.2) is 17.1 Å². The van der Waals surface area contributed by atoms with E-state index in [0.29, 0.717) is 44.1 Å². The standard InChI is InChI=1S/C17H23N5O3/c1-11-8-15(23)19-17(18-11)14-10-22(6-7-25-14)16(24)5-4-13-9-21(3)20-12(13)2/h8-9,14H,4-7,10H2,1-3H3,(H,18,19,23)/t14-/m0/s1. The molecule has 0 radical (unpaired) electrons. The molecule has 134 valence electrons. The number of hydrogen-bond acceptors (Lipinski definition) is 5. The highest BCUT2D eigenvalue weighted by Gasteiger charge is 2.27. The summed E-state index contributed by atoms with van der Waals surface area (Å²) in [5.74, 6) is 0.553. The van der Waals surface area contributed by atoms with Gasteiger partial charge in [-0.05, 0) is 25.8 Å². The normalized spacial score (nSPS) is 17.7. The van der Waals surface area contributed by atoms with E-state index in [4.69, 9.17) is 4.74 Å². The van der Waals surface area contributed by atoms with Gasteiger partial charge in [-0.15, -0.1) is 0 Å². The van der Waals surface area contributed by atoms with Crippen molar-refractivity contribution in [3.8, 4) is 0 Å². The Hall–Kier alpha value is -2.48. The van der Waals surface area contributed by atoms with E-state index >= 15 is 0 Å². The molecule has 1 aliphatic heterocycles. The van der Waals surface area contributed by atoms with Gasteiger partial charge in [0.2, 0.25) is 5.91 Å². The number of rotatable bonds is 4. The number of H-pyrrole nitrogens is 1. The van der Waals surface area contributed by atoms with Crippen LogP contribution in [0.25, 0.3) is 0 Å². The van der Waals surface area contributed by atoms with Gasteiger partial charge < -0.3 is 14.6 Å². The fraction of sp³-hybridized carbons (Fsp3) is 0.529. The molecule has 0 unspecified atom stereocenters. The molecule has 1 N–H and O–H groups in total. The number of morpholine rings is 1. The number of hydrogen-bond donors (Lipinski definition) is 1. The van der Waals surface area contributed by atoms with Gasteiger partial charge in [0.25, 0.3) is 5.56 Å². The molecule has 0 aromatic carbocycles. The van der Waals surface area contributed by atoms with Crippen LogP contribution in [0.4, 0.5) is 0 Å². The monoisotopic (exact) mass is 345 g/mol. The van der Waals surface area contributed by atoms with E-state index in [2.05, 4.69) is 15.1 Å². The molecule has 2 aromatic rings. The number of carbonyl (C=O) groups excluding carboxylic acids is 1. The summed E-state index contributed by atoms with van der Waals surface area (Å²) in [4.78, 5) is 33.0. The third-order valence-electron chi connectivity index (χ3n) is 4.34. The second kappa shape index (κ2) is 7.18. The number of carbonyl (C=O) groups is 1. The highest BCUT2D eigenvalue weighted by Crippen LogP contribution is 2.19. The minimum absolute atomic E-state index is 0.0755. The van der Waals surface area contributed by atoms with E-state index in [1.54, 1.807) is 16.5 Å².